The molecule has 2 N–H and O–H groups in total. The van der Waals surface area contributed by atoms with Crippen LogP contribution in [0.15, 0.2) is 29.3 Å². The topological polar surface area (TPSA) is 77.8 Å². The Hall–Kier alpha value is -2.19. The van der Waals surface area contributed by atoms with E-state index >= 15 is 0 Å². The van der Waals surface area contributed by atoms with Gasteiger partial charge in [-0.1, -0.05) is 6.07 Å². The van der Waals surface area contributed by atoms with Gasteiger partial charge in [0.15, 0.2) is 6.29 Å². The summed E-state index contributed by atoms with van der Waals surface area (Å²) in [5.41, 5.74) is -2.03. The summed E-state index contributed by atoms with van der Waals surface area (Å²) in [5, 5.41) is 18.0. The fraction of sp³-hybridized carbons (Fsp3) is 0.286. The van der Waals surface area contributed by atoms with Gasteiger partial charge in [-0.15, -0.1) is 0 Å². The average molecular weight is 315 g/mol. The van der Waals surface area contributed by atoms with Crippen molar-refractivity contribution in [1.29, 1.82) is 0 Å². The minimum atomic E-state index is -4.86. The zero-order valence-electron chi connectivity index (χ0n) is 11.6. The maximum Gasteiger partial charge on any atom is 0.416 e. The maximum absolute atomic E-state index is 13.0. The number of hydrogen-bond acceptors (Lipinski definition) is 4. The third-order valence-electron chi connectivity index (χ3n) is 3.49. The molecule has 2 rings (SSSR count). The van der Waals surface area contributed by atoms with Crippen LogP contribution in [0, 0.1) is 0 Å². The summed E-state index contributed by atoms with van der Waals surface area (Å²) in [6.07, 6.45) is -7.18. The summed E-state index contributed by atoms with van der Waals surface area (Å²) >= 11 is 0. The number of halogens is 3. The number of imide groups is 1. The predicted octanol–water partition coefficient (Wildman–Crippen LogP) is 1.90. The van der Waals surface area contributed by atoms with Crippen LogP contribution >= 0.6 is 0 Å². The number of anilines is 1. The van der Waals surface area contributed by atoms with E-state index in [2.05, 4.69) is 0 Å². The summed E-state index contributed by atoms with van der Waals surface area (Å²) in [4.78, 5) is 24.6. The van der Waals surface area contributed by atoms with Crippen LogP contribution in [0.3, 0.4) is 0 Å². The van der Waals surface area contributed by atoms with Crippen molar-refractivity contribution in [3.63, 3.8) is 0 Å². The van der Waals surface area contributed by atoms with E-state index in [1.165, 1.54) is 13.8 Å². The number of aliphatic hydroxyl groups is 2. The second-order valence-electron chi connectivity index (χ2n) is 4.84. The summed E-state index contributed by atoms with van der Waals surface area (Å²) in [7, 11) is 0. The summed E-state index contributed by atoms with van der Waals surface area (Å²) < 4.78 is 39.0. The first-order valence-electron chi connectivity index (χ1n) is 6.19. The van der Waals surface area contributed by atoms with Crippen LogP contribution in [-0.2, 0) is 15.8 Å². The van der Waals surface area contributed by atoms with E-state index < -0.39 is 35.4 Å². The minimum absolute atomic E-state index is 0.157. The fourth-order valence-electron chi connectivity index (χ4n) is 2.14. The van der Waals surface area contributed by atoms with Gasteiger partial charge in [0.2, 0.25) is 0 Å². The molecule has 5 nitrogen and oxygen atoms in total. The van der Waals surface area contributed by atoms with Crippen LogP contribution in [-0.4, -0.2) is 22.0 Å². The van der Waals surface area contributed by atoms with Crippen molar-refractivity contribution in [2.24, 2.45) is 0 Å². The largest absolute Gasteiger partial charge is 0.416 e. The first-order valence-corrected chi connectivity index (χ1v) is 6.19. The first kappa shape index (κ1) is 16.2. The molecule has 2 amide bonds. The van der Waals surface area contributed by atoms with E-state index in [4.69, 9.17) is 10.2 Å². The molecular formula is C14H12F3NO4. The highest BCUT2D eigenvalue weighted by atomic mass is 19.4. The van der Waals surface area contributed by atoms with Gasteiger partial charge in [0.1, 0.15) is 0 Å². The molecule has 1 aromatic carbocycles. The second-order valence-corrected chi connectivity index (χ2v) is 4.84. The molecule has 0 atom stereocenters. The van der Waals surface area contributed by atoms with Crippen molar-refractivity contribution < 1.29 is 33.0 Å². The molecule has 0 fully saturated rings. The van der Waals surface area contributed by atoms with Crippen LogP contribution in [0.4, 0.5) is 18.9 Å². The van der Waals surface area contributed by atoms with Crippen LogP contribution in [0.5, 0.6) is 0 Å². The van der Waals surface area contributed by atoms with E-state index in [0.717, 1.165) is 12.1 Å². The van der Waals surface area contributed by atoms with Crippen molar-refractivity contribution >= 4 is 17.5 Å². The van der Waals surface area contributed by atoms with Crippen LogP contribution in [0.25, 0.3) is 0 Å². The van der Waals surface area contributed by atoms with Gasteiger partial charge in [-0.05, 0) is 26.0 Å². The van der Waals surface area contributed by atoms with Gasteiger partial charge in [0.05, 0.1) is 11.3 Å². The molecule has 1 aliphatic rings. The smallest absolute Gasteiger partial charge is 0.364 e. The van der Waals surface area contributed by atoms with Crippen LogP contribution < -0.4 is 4.90 Å². The molecule has 0 saturated heterocycles. The summed E-state index contributed by atoms with van der Waals surface area (Å²) in [6, 6.07) is 2.44. The van der Waals surface area contributed by atoms with Gasteiger partial charge in [0.25, 0.3) is 11.8 Å². The van der Waals surface area contributed by atoms with Gasteiger partial charge in [-0.3, -0.25) is 9.59 Å². The molecule has 1 heterocycles. The molecule has 8 heteroatoms. The number of nitrogens with zero attached hydrogens (tertiary/aromatic N) is 1. The first-order chi connectivity index (χ1) is 10.1. The number of carbonyl (C=O) groups excluding carboxylic acids is 2. The number of carbonyl (C=O) groups is 2. The molecule has 0 aromatic heterocycles. The number of rotatable bonds is 2. The highest BCUT2D eigenvalue weighted by molar-refractivity contribution is 6.32. The molecule has 0 radical (unpaired) electrons. The Morgan fingerprint density at radius 3 is 1.95 bits per heavy atom. The highest BCUT2D eigenvalue weighted by Crippen LogP contribution is 2.38. The molecule has 0 spiro atoms. The Morgan fingerprint density at radius 1 is 1.05 bits per heavy atom. The van der Waals surface area contributed by atoms with Crippen LogP contribution in [0.2, 0.25) is 0 Å². The van der Waals surface area contributed by atoms with Gasteiger partial charge in [0, 0.05) is 16.7 Å². The predicted molar refractivity (Wildman–Crippen MR) is 69.5 cm³/mol. The Balaban J connectivity index is 2.56. The van der Waals surface area contributed by atoms with E-state index in [1.807, 2.05) is 0 Å². The lowest BCUT2D eigenvalue weighted by atomic mass is 10.0. The van der Waals surface area contributed by atoms with Gasteiger partial charge in [-0.25, -0.2) is 4.90 Å². The maximum atomic E-state index is 13.0. The Labute approximate surface area is 123 Å². The molecule has 118 valence electrons. The monoisotopic (exact) mass is 315 g/mol. The van der Waals surface area contributed by atoms with Crippen molar-refractivity contribution in [1.82, 2.24) is 0 Å². The van der Waals surface area contributed by atoms with Crippen molar-refractivity contribution in [2.45, 2.75) is 26.3 Å². The fourth-order valence-corrected chi connectivity index (χ4v) is 2.14. The lowest BCUT2D eigenvalue weighted by Gasteiger charge is -2.20. The van der Waals surface area contributed by atoms with Gasteiger partial charge in [-0.2, -0.15) is 13.2 Å². The van der Waals surface area contributed by atoms with E-state index in [0.29, 0.717) is 11.0 Å². The molecule has 22 heavy (non-hydrogen) atoms. The van der Waals surface area contributed by atoms with Crippen LogP contribution in [0.1, 0.15) is 31.3 Å². The standard InChI is InChI=1S/C14H12F3NO4/c1-6-7(2)12(20)18(11(6)19)8-3-4-9(13(21)22)10(5-8)14(15,16)17/h3-5,13,21-22H,1-2H3. The highest BCUT2D eigenvalue weighted by Gasteiger charge is 2.39. The van der Waals surface area contributed by atoms with E-state index in [9.17, 15) is 22.8 Å². The number of alkyl halides is 3. The number of hydrogen-bond donors (Lipinski definition) is 2. The lowest BCUT2D eigenvalue weighted by Crippen LogP contribution is -2.31. The van der Waals surface area contributed by atoms with Gasteiger partial charge >= 0.3 is 6.18 Å². The molecular weight excluding hydrogens is 303 g/mol. The van der Waals surface area contributed by atoms with E-state index in [-0.39, 0.29) is 16.8 Å². The lowest BCUT2D eigenvalue weighted by molar-refractivity contribution is -0.142. The molecule has 0 saturated carbocycles. The third kappa shape index (κ3) is 2.51. The zero-order valence-corrected chi connectivity index (χ0v) is 11.6. The summed E-state index contributed by atoms with van der Waals surface area (Å²) in [5.74, 6) is -1.40. The molecule has 1 aromatic rings. The second kappa shape index (κ2) is 5.22. The third-order valence-corrected chi connectivity index (χ3v) is 3.49. The number of aliphatic hydroxyl groups excluding tert-OH is 1. The quantitative estimate of drug-likeness (QED) is 0.645. The minimum Gasteiger partial charge on any atom is -0.364 e. The average Bonchev–Trinajstić information content (AvgIpc) is 2.61. The van der Waals surface area contributed by atoms with Crippen molar-refractivity contribution in [3.05, 3.63) is 40.5 Å². The molecule has 0 aliphatic carbocycles. The Morgan fingerprint density at radius 2 is 1.55 bits per heavy atom. The normalized spacial score (nSPS) is 16.3. The van der Waals surface area contributed by atoms with Gasteiger partial charge < -0.3 is 10.2 Å². The van der Waals surface area contributed by atoms with E-state index in [1.54, 1.807) is 0 Å². The molecule has 0 unspecified atom stereocenters. The Kier molecular flexibility index (Phi) is 3.84. The zero-order chi connectivity index (χ0) is 16.8. The SMILES string of the molecule is CC1=C(C)C(=O)N(c2ccc(C(O)O)c(C(F)(F)F)c2)C1=O. The molecule has 1 aliphatic heterocycles. The van der Waals surface area contributed by atoms with Crippen molar-refractivity contribution in [2.75, 3.05) is 4.90 Å². The number of benzene rings is 1. The Bertz CT molecular complexity index is 668. The number of amides is 2. The summed E-state index contributed by atoms with van der Waals surface area (Å²) in [6.45, 7) is 2.82. The molecule has 0 bridgehead atoms. The van der Waals surface area contributed by atoms with Crippen molar-refractivity contribution in [3.8, 4) is 0 Å².